The smallest absolute Gasteiger partial charge is 0.333 e. The Hall–Kier alpha value is -1.58. The summed E-state index contributed by atoms with van der Waals surface area (Å²) in [6.45, 7) is 8.88. The molecule has 0 fully saturated rings. The van der Waals surface area contributed by atoms with E-state index in [4.69, 9.17) is 9.47 Å². The second-order valence-corrected chi connectivity index (χ2v) is 5.33. The zero-order valence-corrected chi connectivity index (χ0v) is 13.9. The van der Waals surface area contributed by atoms with Gasteiger partial charge in [-0.15, -0.1) is 0 Å². The number of unbranched alkanes of at least 4 members (excludes halogenated alkanes) is 8. The van der Waals surface area contributed by atoms with Crippen LogP contribution in [-0.2, 0) is 19.1 Å². The van der Waals surface area contributed by atoms with Crippen LogP contribution in [0.2, 0.25) is 0 Å². The molecule has 4 heteroatoms. The summed E-state index contributed by atoms with van der Waals surface area (Å²) in [6.07, 6.45) is 12.6. The molecule has 0 unspecified atom stereocenters. The van der Waals surface area contributed by atoms with Crippen molar-refractivity contribution in [2.45, 2.75) is 77.4 Å². The Morgan fingerprint density at radius 2 is 1.23 bits per heavy atom. The van der Waals surface area contributed by atoms with Crippen molar-refractivity contribution in [3.05, 3.63) is 25.3 Å². The van der Waals surface area contributed by atoms with Crippen molar-refractivity contribution in [3.8, 4) is 0 Å². The number of hydrogen-bond donors (Lipinski definition) is 0. The standard InChI is InChI=1S/C18H30O4/c1-4-7-8-9-10-11-12-13-14-15-18(21-16(19)5-2)22-17(20)6-3/h5-6,18H,2-4,7-15H2,1H3. The Kier molecular flexibility index (Phi) is 13.3. The maximum absolute atomic E-state index is 11.2. The van der Waals surface area contributed by atoms with E-state index >= 15 is 0 Å². The summed E-state index contributed by atoms with van der Waals surface area (Å²) in [6, 6.07) is 0. The Labute approximate surface area is 134 Å². The molecule has 4 nitrogen and oxygen atoms in total. The highest BCUT2D eigenvalue weighted by atomic mass is 16.7. The van der Waals surface area contributed by atoms with Crippen LogP contribution in [0.5, 0.6) is 0 Å². The molecule has 0 aliphatic heterocycles. The zero-order chi connectivity index (χ0) is 16.6. The molecule has 0 saturated heterocycles. The molecule has 0 aliphatic carbocycles. The number of carbonyl (C=O) groups excluding carboxylic acids is 2. The van der Waals surface area contributed by atoms with E-state index in [9.17, 15) is 9.59 Å². The predicted octanol–water partition coefficient (Wildman–Crippen LogP) is 4.69. The fourth-order valence-electron chi connectivity index (χ4n) is 2.12. The van der Waals surface area contributed by atoms with Crippen LogP contribution in [-0.4, -0.2) is 18.2 Å². The van der Waals surface area contributed by atoms with Crippen molar-refractivity contribution < 1.29 is 19.1 Å². The molecule has 0 heterocycles. The molecule has 126 valence electrons. The molecule has 0 aliphatic rings. The molecule has 0 rings (SSSR count). The van der Waals surface area contributed by atoms with Crippen LogP contribution in [0.4, 0.5) is 0 Å². The molecule has 0 radical (unpaired) electrons. The molecule has 0 aromatic heterocycles. The van der Waals surface area contributed by atoms with Crippen molar-refractivity contribution in [3.63, 3.8) is 0 Å². The Bertz CT molecular complexity index is 314. The van der Waals surface area contributed by atoms with Crippen LogP contribution in [0, 0.1) is 0 Å². The van der Waals surface area contributed by atoms with E-state index in [-0.39, 0.29) is 0 Å². The first-order valence-electron chi connectivity index (χ1n) is 8.30. The molecule has 0 aromatic rings. The summed E-state index contributed by atoms with van der Waals surface area (Å²) in [5.74, 6) is -1.17. The van der Waals surface area contributed by atoms with E-state index < -0.39 is 18.2 Å². The first kappa shape index (κ1) is 20.4. The third-order valence-electron chi connectivity index (χ3n) is 3.37. The highest BCUT2D eigenvalue weighted by molar-refractivity contribution is 5.82. The van der Waals surface area contributed by atoms with E-state index in [1.165, 1.54) is 38.5 Å². The monoisotopic (exact) mass is 310 g/mol. The molecular formula is C18H30O4. The lowest BCUT2D eigenvalue weighted by molar-refractivity contribution is -0.182. The van der Waals surface area contributed by atoms with Gasteiger partial charge in [-0.05, 0) is 6.42 Å². The van der Waals surface area contributed by atoms with Crippen molar-refractivity contribution in [2.24, 2.45) is 0 Å². The fourth-order valence-corrected chi connectivity index (χ4v) is 2.12. The molecule has 0 spiro atoms. The fraction of sp³-hybridized carbons (Fsp3) is 0.667. The summed E-state index contributed by atoms with van der Waals surface area (Å²) in [5.41, 5.74) is 0. The number of ether oxygens (including phenoxy) is 2. The SMILES string of the molecule is C=CC(=O)OC(CCCCCCCCCCC)OC(=O)C=C. The van der Waals surface area contributed by atoms with Crippen LogP contribution >= 0.6 is 0 Å². The third-order valence-corrected chi connectivity index (χ3v) is 3.37. The highest BCUT2D eigenvalue weighted by Gasteiger charge is 2.15. The van der Waals surface area contributed by atoms with Gasteiger partial charge in [0.1, 0.15) is 0 Å². The summed E-state index contributed by atoms with van der Waals surface area (Å²) >= 11 is 0. The summed E-state index contributed by atoms with van der Waals surface area (Å²) in [4.78, 5) is 22.4. The number of carbonyl (C=O) groups is 2. The Morgan fingerprint density at radius 1 is 0.818 bits per heavy atom. The van der Waals surface area contributed by atoms with Gasteiger partial charge in [0.05, 0.1) is 0 Å². The van der Waals surface area contributed by atoms with Gasteiger partial charge in [0.2, 0.25) is 6.29 Å². The quantitative estimate of drug-likeness (QED) is 0.202. The molecule has 0 bridgehead atoms. The predicted molar refractivity (Wildman–Crippen MR) is 88.2 cm³/mol. The Balaban J connectivity index is 3.78. The number of esters is 2. The maximum Gasteiger partial charge on any atom is 0.333 e. The van der Waals surface area contributed by atoms with Crippen molar-refractivity contribution in [1.82, 2.24) is 0 Å². The molecule has 0 amide bonds. The lowest BCUT2D eigenvalue weighted by atomic mass is 10.1. The average molecular weight is 310 g/mol. The van der Waals surface area contributed by atoms with Crippen LogP contribution in [0.1, 0.15) is 71.1 Å². The van der Waals surface area contributed by atoms with E-state index in [2.05, 4.69) is 20.1 Å². The normalized spacial score (nSPS) is 10.3. The van der Waals surface area contributed by atoms with Gasteiger partial charge >= 0.3 is 11.9 Å². The van der Waals surface area contributed by atoms with Gasteiger partial charge in [-0.25, -0.2) is 9.59 Å². The van der Waals surface area contributed by atoms with Gasteiger partial charge in [0.25, 0.3) is 0 Å². The zero-order valence-electron chi connectivity index (χ0n) is 13.9. The van der Waals surface area contributed by atoms with Crippen LogP contribution in [0.3, 0.4) is 0 Å². The van der Waals surface area contributed by atoms with Crippen molar-refractivity contribution >= 4 is 11.9 Å². The second kappa shape index (κ2) is 14.4. The molecule has 22 heavy (non-hydrogen) atoms. The third kappa shape index (κ3) is 12.2. The molecule has 0 aromatic carbocycles. The topological polar surface area (TPSA) is 52.6 Å². The van der Waals surface area contributed by atoms with Gasteiger partial charge in [0.15, 0.2) is 0 Å². The maximum atomic E-state index is 11.2. The number of hydrogen-bond acceptors (Lipinski definition) is 4. The molecular weight excluding hydrogens is 280 g/mol. The highest BCUT2D eigenvalue weighted by Crippen LogP contribution is 2.13. The summed E-state index contributed by atoms with van der Waals surface area (Å²) in [7, 11) is 0. The lowest BCUT2D eigenvalue weighted by Gasteiger charge is -2.16. The van der Waals surface area contributed by atoms with E-state index in [1.807, 2.05) is 0 Å². The average Bonchev–Trinajstić information content (AvgIpc) is 2.52. The van der Waals surface area contributed by atoms with Crippen LogP contribution in [0.25, 0.3) is 0 Å². The molecule has 0 atom stereocenters. The van der Waals surface area contributed by atoms with Crippen molar-refractivity contribution in [2.75, 3.05) is 0 Å². The lowest BCUT2D eigenvalue weighted by Crippen LogP contribution is -2.23. The van der Waals surface area contributed by atoms with Gasteiger partial charge in [-0.1, -0.05) is 71.4 Å². The summed E-state index contributed by atoms with van der Waals surface area (Å²) < 4.78 is 9.99. The number of rotatable bonds is 14. The van der Waals surface area contributed by atoms with Crippen molar-refractivity contribution in [1.29, 1.82) is 0 Å². The minimum absolute atomic E-state index is 0.509. The van der Waals surface area contributed by atoms with Crippen LogP contribution in [0.15, 0.2) is 25.3 Å². The molecule has 0 saturated carbocycles. The van der Waals surface area contributed by atoms with Gasteiger partial charge in [0, 0.05) is 18.6 Å². The van der Waals surface area contributed by atoms with Crippen LogP contribution < -0.4 is 0 Å². The largest absolute Gasteiger partial charge is 0.422 e. The minimum atomic E-state index is -0.847. The molecule has 0 N–H and O–H groups in total. The first-order valence-corrected chi connectivity index (χ1v) is 8.30. The van der Waals surface area contributed by atoms with Gasteiger partial charge in [-0.3, -0.25) is 0 Å². The minimum Gasteiger partial charge on any atom is -0.422 e. The first-order chi connectivity index (χ1) is 10.6. The second-order valence-electron chi connectivity index (χ2n) is 5.33. The van der Waals surface area contributed by atoms with E-state index in [0.29, 0.717) is 6.42 Å². The Morgan fingerprint density at radius 3 is 1.64 bits per heavy atom. The summed E-state index contributed by atoms with van der Waals surface area (Å²) in [5, 5.41) is 0. The van der Waals surface area contributed by atoms with Gasteiger partial charge < -0.3 is 9.47 Å². The van der Waals surface area contributed by atoms with E-state index in [1.54, 1.807) is 0 Å². The van der Waals surface area contributed by atoms with E-state index in [0.717, 1.165) is 31.4 Å². The van der Waals surface area contributed by atoms with Gasteiger partial charge in [-0.2, -0.15) is 0 Å².